The van der Waals surface area contributed by atoms with Crippen molar-refractivity contribution in [3.8, 4) is 5.88 Å². The van der Waals surface area contributed by atoms with E-state index in [1.54, 1.807) is 0 Å². The van der Waals surface area contributed by atoms with Crippen molar-refractivity contribution < 1.29 is 4.74 Å². The lowest BCUT2D eigenvalue weighted by Gasteiger charge is -2.05. The van der Waals surface area contributed by atoms with Crippen molar-refractivity contribution >= 4 is 0 Å². The van der Waals surface area contributed by atoms with Crippen molar-refractivity contribution in [2.45, 2.75) is 20.1 Å². The molecule has 0 amide bonds. The molecule has 1 aromatic heterocycles. The van der Waals surface area contributed by atoms with Gasteiger partial charge in [-0.1, -0.05) is 37.3 Å². The van der Waals surface area contributed by atoms with Crippen LogP contribution in [-0.4, -0.2) is 16.7 Å². The Bertz CT molecular complexity index is 456. The largest absolute Gasteiger partial charge is 0.472 e. The second-order valence-corrected chi connectivity index (χ2v) is 3.92. The quantitative estimate of drug-likeness (QED) is 0.844. The number of rotatable bonds is 6. The average Bonchev–Trinajstić information content (AvgIpc) is 2.45. The minimum atomic E-state index is 0.516. The van der Waals surface area contributed by atoms with Gasteiger partial charge in [0.25, 0.3) is 0 Å². The maximum absolute atomic E-state index is 5.56. The Labute approximate surface area is 107 Å². The van der Waals surface area contributed by atoms with E-state index in [4.69, 9.17) is 4.74 Å². The first-order valence-corrected chi connectivity index (χ1v) is 6.08. The summed E-state index contributed by atoms with van der Waals surface area (Å²) in [5.74, 6) is 0.555. The second kappa shape index (κ2) is 6.71. The van der Waals surface area contributed by atoms with E-state index in [1.165, 1.54) is 0 Å². The summed E-state index contributed by atoms with van der Waals surface area (Å²) in [5.41, 5.74) is 2.04. The van der Waals surface area contributed by atoms with E-state index < -0.39 is 0 Å². The molecule has 0 fully saturated rings. The Hall–Kier alpha value is -1.94. The normalized spacial score (nSPS) is 10.3. The van der Waals surface area contributed by atoms with Gasteiger partial charge < -0.3 is 10.1 Å². The van der Waals surface area contributed by atoms with Gasteiger partial charge in [-0.05, 0) is 18.2 Å². The fraction of sp³-hybridized carbons (Fsp3) is 0.286. The van der Waals surface area contributed by atoms with E-state index in [0.717, 1.165) is 24.3 Å². The Morgan fingerprint density at radius 1 is 1.06 bits per heavy atom. The minimum Gasteiger partial charge on any atom is -0.472 e. The van der Waals surface area contributed by atoms with Crippen LogP contribution in [0.4, 0.5) is 0 Å². The summed E-state index contributed by atoms with van der Waals surface area (Å²) < 4.78 is 5.56. The molecule has 4 nitrogen and oxygen atoms in total. The first-order chi connectivity index (χ1) is 8.88. The van der Waals surface area contributed by atoms with Crippen LogP contribution in [0, 0.1) is 0 Å². The standard InChI is InChI=1S/C14H17N3O/c1-2-15-10-13-8-9-14(17-16-13)18-11-12-6-4-3-5-7-12/h3-9,15H,2,10-11H2,1H3. The van der Waals surface area contributed by atoms with E-state index in [0.29, 0.717) is 12.5 Å². The van der Waals surface area contributed by atoms with Crippen LogP contribution in [0.1, 0.15) is 18.2 Å². The average molecular weight is 243 g/mol. The van der Waals surface area contributed by atoms with Gasteiger partial charge in [0.1, 0.15) is 6.61 Å². The fourth-order valence-corrected chi connectivity index (χ4v) is 1.50. The summed E-state index contributed by atoms with van der Waals surface area (Å²) in [6.07, 6.45) is 0. The summed E-state index contributed by atoms with van der Waals surface area (Å²) in [6, 6.07) is 13.8. The van der Waals surface area contributed by atoms with Crippen LogP contribution in [0.25, 0.3) is 0 Å². The molecule has 0 radical (unpaired) electrons. The molecule has 0 saturated heterocycles. The Morgan fingerprint density at radius 2 is 1.89 bits per heavy atom. The molecule has 2 aromatic rings. The lowest BCUT2D eigenvalue weighted by molar-refractivity contribution is 0.289. The van der Waals surface area contributed by atoms with Crippen LogP contribution in [0.5, 0.6) is 5.88 Å². The van der Waals surface area contributed by atoms with Crippen LogP contribution in [-0.2, 0) is 13.2 Å². The molecular formula is C14H17N3O. The number of aromatic nitrogens is 2. The van der Waals surface area contributed by atoms with Gasteiger partial charge in [0.2, 0.25) is 5.88 Å². The molecule has 1 heterocycles. The molecular weight excluding hydrogens is 226 g/mol. The molecule has 0 bridgehead atoms. The molecule has 0 aliphatic heterocycles. The highest BCUT2D eigenvalue weighted by Gasteiger charge is 1.99. The summed E-state index contributed by atoms with van der Waals surface area (Å²) in [5, 5.41) is 11.3. The minimum absolute atomic E-state index is 0.516. The molecule has 0 spiro atoms. The van der Waals surface area contributed by atoms with Gasteiger partial charge in [-0.3, -0.25) is 0 Å². The topological polar surface area (TPSA) is 47.0 Å². The van der Waals surface area contributed by atoms with Crippen molar-refractivity contribution in [3.05, 3.63) is 53.7 Å². The van der Waals surface area contributed by atoms with E-state index in [2.05, 4.69) is 22.4 Å². The lowest BCUT2D eigenvalue weighted by Crippen LogP contribution is -2.13. The number of benzene rings is 1. The maximum Gasteiger partial charge on any atom is 0.233 e. The number of hydrogen-bond acceptors (Lipinski definition) is 4. The van der Waals surface area contributed by atoms with Crippen molar-refractivity contribution in [1.29, 1.82) is 0 Å². The summed E-state index contributed by atoms with van der Waals surface area (Å²) in [7, 11) is 0. The van der Waals surface area contributed by atoms with E-state index in [1.807, 2.05) is 42.5 Å². The molecule has 0 saturated carbocycles. The zero-order chi connectivity index (χ0) is 12.6. The molecule has 18 heavy (non-hydrogen) atoms. The maximum atomic E-state index is 5.56. The number of ether oxygens (including phenoxy) is 1. The van der Waals surface area contributed by atoms with Crippen molar-refractivity contribution in [2.24, 2.45) is 0 Å². The zero-order valence-electron chi connectivity index (χ0n) is 10.5. The fourth-order valence-electron chi connectivity index (χ4n) is 1.50. The predicted molar refractivity (Wildman–Crippen MR) is 70.2 cm³/mol. The highest BCUT2D eigenvalue weighted by molar-refractivity contribution is 5.16. The van der Waals surface area contributed by atoms with Gasteiger partial charge in [0.05, 0.1) is 5.69 Å². The molecule has 0 unspecified atom stereocenters. The third-order valence-corrected chi connectivity index (χ3v) is 2.48. The van der Waals surface area contributed by atoms with Crippen LogP contribution in [0.2, 0.25) is 0 Å². The smallest absolute Gasteiger partial charge is 0.233 e. The predicted octanol–water partition coefficient (Wildman–Crippen LogP) is 2.17. The van der Waals surface area contributed by atoms with E-state index >= 15 is 0 Å². The van der Waals surface area contributed by atoms with Crippen LogP contribution in [0.15, 0.2) is 42.5 Å². The highest BCUT2D eigenvalue weighted by Crippen LogP contribution is 2.08. The van der Waals surface area contributed by atoms with Gasteiger partial charge >= 0.3 is 0 Å². The number of hydrogen-bond donors (Lipinski definition) is 1. The van der Waals surface area contributed by atoms with Crippen molar-refractivity contribution in [1.82, 2.24) is 15.5 Å². The molecule has 0 aliphatic rings. The Balaban J connectivity index is 1.86. The SMILES string of the molecule is CCNCc1ccc(OCc2ccccc2)nn1. The molecule has 0 aliphatic carbocycles. The molecule has 0 atom stereocenters. The molecule has 94 valence electrons. The van der Waals surface area contributed by atoms with E-state index in [9.17, 15) is 0 Å². The lowest BCUT2D eigenvalue weighted by atomic mass is 10.2. The third-order valence-electron chi connectivity index (χ3n) is 2.48. The summed E-state index contributed by atoms with van der Waals surface area (Å²) >= 11 is 0. The van der Waals surface area contributed by atoms with Crippen LogP contribution < -0.4 is 10.1 Å². The Morgan fingerprint density at radius 3 is 2.56 bits per heavy atom. The van der Waals surface area contributed by atoms with Crippen molar-refractivity contribution in [2.75, 3.05) is 6.54 Å². The third kappa shape index (κ3) is 3.82. The van der Waals surface area contributed by atoms with Gasteiger partial charge in [-0.25, -0.2) is 0 Å². The molecule has 2 rings (SSSR count). The van der Waals surface area contributed by atoms with E-state index in [-0.39, 0.29) is 0 Å². The van der Waals surface area contributed by atoms with Crippen LogP contribution in [0.3, 0.4) is 0 Å². The summed E-state index contributed by atoms with van der Waals surface area (Å²) in [4.78, 5) is 0. The monoisotopic (exact) mass is 243 g/mol. The second-order valence-electron chi connectivity index (χ2n) is 3.92. The molecule has 1 N–H and O–H groups in total. The van der Waals surface area contributed by atoms with Crippen LogP contribution >= 0.6 is 0 Å². The Kier molecular flexibility index (Phi) is 4.67. The summed E-state index contributed by atoms with van der Waals surface area (Å²) in [6.45, 7) is 4.24. The molecule has 4 heteroatoms. The first-order valence-electron chi connectivity index (χ1n) is 6.08. The zero-order valence-corrected chi connectivity index (χ0v) is 10.5. The number of nitrogens with zero attached hydrogens (tertiary/aromatic N) is 2. The van der Waals surface area contributed by atoms with Gasteiger partial charge in [-0.2, -0.15) is 5.10 Å². The van der Waals surface area contributed by atoms with Crippen molar-refractivity contribution in [3.63, 3.8) is 0 Å². The van der Waals surface area contributed by atoms with Gasteiger partial charge in [0, 0.05) is 12.6 Å². The number of nitrogens with one attached hydrogen (secondary N) is 1. The first kappa shape index (κ1) is 12.5. The van der Waals surface area contributed by atoms with Gasteiger partial charge in [0.15, 0.2) is 0 Å². The highest BCUT2D eigenvalue weighted by atomic mass is 16.5. The molecule has 1 aromatic carbocycles. The van der Waals surface area contributed by atoms with Gasteiger partial charge in [-0.15, -0.1) is 5.10 Å².